The Labute approximate surface area is 166 Å². The zero-order valence-corrected chi connectivity index (χ0v) is 15.9. The summed E-state index contributed by atoms with van der Waals surface area (Å²) >= 11 is 0. The number of halogens is 1. The summed E-state index contributed by atoms with van der Waals surface area (Å²) in [5.41, 5.74) is 10.3. The highest BCUT2D eigenvalue weighted by Crippen LogP contribution is 2.44. The van der Waals surface area contributed by atoms with Crippen LogP contribution in [0.25, 0.3) is 5.52 Å². The van der Waals surface area contributed by atoms with Crippen molar-refractivity contribution in [1.82, 2.24) is 4.40 Å². The Bertz CT molecular complexity index is 1260. The van der Waals surface area contributed by atoms with Gasteiger partial charge in [-0.1, -0.05) is 12.1 Å². The minimum absolute atomic E-state index is 0.201. The van der Waals surface area contributed by atoms with Crippen molar-refractivity contribution in [1.29, 1.82) is 0 Å². The van der Waals surface area contributed by atoms with Crippen LogP contribution in [0.2, 0.25) is 0 Å². The average molecular weight is 393 g/mol. The van der Waals surface area contributed by atoms with Gasteiger partial charge >= 0.3 is 5.97 Å². The fraction of sp³-hybridized carbons (Fsp3) is 0.273. The number of nitrogens with zero attached hydrogens (tertiary/aromatic N) is 2. The van der Waals surface area contributed by atoms with E-state index in [1.54, 1.807) is 6.92 Å². The molecule has 3 N–H and O–H groups in total. The fourth-order valence-electron chi connectivity index (χ4n) is 4.50. The van der Waals surface area contributed by atoms with Crippen molar-refractivity contribution in [2.45, 2.75) is 38.8 Å². The largest absolute Gasteiger partial charge is 0.477 e. The number of carboxylic acid groups (broad SMARTS) is 1. The molecule has 2 aromatic heterocycles. The predicted octanol–water partition coefficient (Wildman–Crippen LogP) is 3.43. The quantitative estimate of drug-likeness (QED) is 0.666. The Morgan fingerprint density at radius 2 is 2.03 bits per heavy atom. The van der Waals surface area contributed by atoms with E-state index in [1.807, 2.05) is 23.1 Å². The molecule has 7 heteroatoms. The summed E-state index contributed by atoms with van der Waals surface area (Å²) < 4.78 is 16.4. The van der Waals surface area contributed by atoms with Crippen LogP contribution in [0.15, 0.2) is 35.3 Å². The van der Waals surface area contributed by atoms with Crippen LogP contribution >= 0.6 is 0 Å². The second-order valence-corrected chi connectivity index (χ2v) is 7.91. The van der Waals surface area contributed by atoms with Gasteiger partial charge in [0, 0.05) is 18.8 Å². The van der Waals surface area contributed by atoms with E-state index in [0.717, 1.165) is 35.7 Å². The molecule has 29 heavy (non-hydrogen) atoms. The number of carboxylic acids is 1. The Kier molecular flexibility index (Phi) is 3.71. The first-order chi connectivity index (χ1) is 13.9. The minimum atomic E-state index is -1.29. The van der Waals surface area contributed by atoms with Gasteiger partial charge in [-0.2, -0.15) is 0 Å². The first-order valence-corrected chi connectivity index (χ1v) is 9.59. The van der Waals surface area contributed by atoms with Gasteiger partial charge in [0.1, 0.15) is 5.56 Å². The van der Waals surface area contributed by atoms with Gasteiger partial charge in [0.15, 0.2) is 5.82 Å². The van der Waals surface area contributed by atoms with Crippen LogP contribution < -0.4 is 16.2 Å². The van der Waals surface area contributed by atoms with Crippen molar-refractivity contribution in [3.63, 3.8) is 0 Å². The van der Waals surface area contributed by atoms with Crippen LogP contribution in [0, 0.1) is 12.7 Å². The molecule has 148 valence electrons. The number of hydrogen-bond acceptors (Lipinski definition) is 4. The zero-order valence-electron chi connectivity index (χ0n) is 15.9. The maximum absolute atomic E-state index is 15.2. The van der Waals surface area contributed by atoms with Crippen molar-refractivity contribution in [3.05, 3.63) is 74.5 Å². The molecular weight excluding hydrogens is 373 g/mol. The zero-order chi connectivity index (χ0) is 20.4. The summed E-state index contributed by atoms with van der Waals surface area (Å²) in [6.45, 7) is 2.82. The van der Waals surface area contributed by atoms with Gasteiger partial charge < -0.3 is 15.7 Å². The lowest BCUT2D eigenvalue weighted by Gasteiger charge is -2.23. The maximum atomic E-state index is 15.2. The molecule has 1 aromatic carbocycles. The smallest absolute Gasteiger partial charge is 0.341 e. The predicted molar refractivity (Wildman–Crippen MR) is 108 cm³/mol. The molecule has 5 rings (SSSR count). The number of aryl methyl sites for hydroxylation is 1. The highest BCUT2D eigenvalue weighted by Gasteiger charge is 2.32. The number of hydrogen-bond donors (Lipinski definition) is 2. The molecule has 3 heterocycles. The monoisotopic (exact) mass is 393 g/mol. The number of nitrogens with two attached hydrogens (primary N) is 1. The van der Waals surface area contributed by atoms with E-state index in [-0.39, 0.29) is 11.5 Å². The molecule has 0 saturated heterocycles. The number of carbonyl (C=O) groups is 1. The molecule has 1 aliphatic heterocycles. The number of anilines is 2. The Morgan fingerprint density at radius 1 is 1.28 bits per heavy atom. The van der Waals surface area contributed by atoms with Gasteiger partial charge in [0.25, 0.3) is 5.56 Å². The highest BCUT2D eigenvalue weighted by atomic mass is 19.1. The molecule has 1 saturated carbocycles. The van der Waals surface area contributed by atoms with Gasteiger partial charge in [-0.05, 0) is 60.1 Å². The van der Waals surface area contributed by atoms with E-state index in [4.69, 9.17) is 5.73 Å². The summed E-state index contributed by atoms with van der Waals surface area (Å²) in [6, 6.07) is 7.19. The fourth-order valence-corrected chi connectivity index (χ4v) is 4.50. The first kappa shape index (κ1) is 17.7. The van der Waals surface area contributed by atoms with Crippen molar-refractivity contribution < 1.29 is 14.3 Å². The topological polar surface area (TPSA) is 88.0 Å². The highest BCUT2D eigenvalue weighted by molar-refractivity contribution is 5.89. The molecular formula is C22H20FN3O3. The molecule has 0 amide bonds. The second kappa shape index (κ2) is 6.07. The average Bonchev–Trinajstić information content (AvgIpc) is 3.42. The molecule has 0 spiro atoms. The number of aromatic nitrogens is 1. The van der Waals surface area contributed by atoms with E-state index < -0.39 is 17.3 Å². The SMILES string of the molecule is Cc1c(N2Cc3cccc(N)c3C2)c(F)cn2c(=O)c(C(=O)O)cc(C3CC3)c12. The summed E-state index contributed by atoms with van der Waals surface area (Å²) in [4.78, 5) is 26.2. The normalized spacial score (nSPS) is 15.7. The van der Waals surface area contributed by atoms with E-state index in [0.29, 0.717) is 35.5 Å². The summed E-state index contributed by atoms with van der Waals surface area (Å²) in [5, 5.41) is 9.42. The van der Waals surface area contributed by atoms with E-state index in [1.165, 1.54) is 10.5 Å². The molecule has 0 unspecified atom stereocenters. The van der Waals surface area contributed by atoms with Crippen molar-refractivity contribution in [3.8, 4) is 0 Å². The summed E-state index contributed by atoms with van der Waals surface area (Å²) in [7, 11) is 0. The van der Waals surface area contributed by atoms with Crippen LogP contribution in [0.1, 0.15) is 51.4 Å². The van der Waals surface area contributed by atoms with Crippen molar-refractivity contribution in [2.24, 2.45) is 0 Å². The van der Waals surface area contributed by atoms with E-state index in [2.05, 4.69) is 0 Å². The molecule has 1 fully saturated rings. The van der Waals surface area contributed by atoms with Crippen molar-refractivity contribution in [2.75, 3.05) is 10.6 Å². The minimum Gasteiger partial charge on any atom is -0.477 e. The standard InChI is InChI=1S/C22H20FN3O3/c1-11-19-14(12-5-6-12)7-15(22(28)29)21(27)26(19)10-17(23)20(11)25-8-13-3-2-4-18(24)16(13)9-25/h2-4,7,10,12H,5-6,8-9,24H2,1H3,(H,28,29). The lowest BCUT2D eigenvalue weighted by Crippen LogP contribution is -2.26. The third-order valence-corrected chi connectivity index (χ3v) is 6.03. The van der Waals surface area contributed by atoms with Crippen LogP contribution in [-0.4, -0.2) is 15.5 Å². The summed E-state index contributed by atoms with van der Waals surface area (Å²) in [6.07, 6.45) is 3.00. The molecule has 0 atom stereocenters. The first-order valence-electron chi connectivity index (χ1n) is 9.59. The molecule has 6 nitrogen and oxygen atoms in total. The number of aromatic carboxylic acids is 1. The number of rotatable bonds is 3. The molecule has 1 aliphatic carbocycles. The lowest BCUT2D eigenvalue weighted by molar-refractivity contribution is 0.0694. The van der Waals surface area contributed by atoms with Crippen LogP contribution in [0.5, 0.6) is 0 Å². The Hall–Kier alpha value is -3.35. The second-order valence-electron chi connectivity index (χ2n) is 7.91. The Balaban J connectivity index is 1.74. The lowest BCUT2D eigenvalue weighted by atomic mass is 10.0. The maximum Gasteiger partial charge on any atom is 0.341 e. The van der Waals surface area contributed by atoms with E-state index in [9.17, 15) is 14.7 Å². The third kappa shape index (κ3) is 2.61. The van der Waals surface area contributed by atoms with E-state index >= 15 is 4.39 Å². The van der Waals surface area contributed by atoms with Gasteiger partial charge in [0.2, 0.25) is 0 Å². The van der Waals surface area contributed by atoms with Gasteiger partial charge in [-0.15, -0.1) is 0 Å². The number of pyridine rings is 2. The van der Waals surface area contributed by atoms with Gasteiger partial charge in [0.05, 0.1) is 17.4 Å². The molecule has 0 bridgehead atoms. The molecule has 3 aromatic rings. The number of benzene rings is 1. The Morgan fingerprint density at radius 3 is 2.69 bits per heavy atom. The summed E-state index contributed by atoms with van der Waals surface area (Å²) in [5.74, 6) is -1.64. The van der Waals surface area contributed by atoms with Gasteiger partial charge in [-0.3, -0.25) is 9.20 Å². The molecule has 0 radical (unpaired) electrons. The van der Waals surface area contributed by atoms with Crippen LogP contribution in [0.3, 0.4) is 0 Å². The number of nitrogen functional groups attached to an aromatic ring is 1. The number of fused-ring (bicyclic) bond motifs is 2. The van der Waals surface area contributed by atoms with Crippen molar-refractivity contribution >= 4 is 22.9 Å². The van der Waals surface area contributed by atoms with Gasteiger partial charge in [-0.25, -0.2) is 9.18 Å². The van der Waals surface area contributed by atoms with Crippen LogP contribution in [0.4, 0.5) is 15.8 Å². The molecule has 2 aliphatic rings. The van der Waals surface area contributed by atoms with Crippen LogP contribution in [-0.2, 0) is 13.1 Å². The third-order valence-electron chi connectivity index (χ3n) is 6.03.